The zero-order valence-electron chi connectivity index (χ0n) is 16.4. The lowest BCUT2D eigenvalue weighted by Crippen LogP contribution is -2.08. The number of amides is 1. The molecular weight excluding hydrogens is 402 g/mol. The molecule has 152 valence electrons. The first-order valence-electron chi connectivity index (χ1n) is 9.36. The Kier molecular flexibility index (Phi) is 5.33. The van der Waals surface area contributed by atoms with Crippen molar-refractivity contribution < 1.29 is 14.3 Å². The number of benzene rings is 2. The molecule has 2 aromatic heterocycles. The average molecular weight is 421 g/mol. The molecule has 2 heterocycles. The molecule has 0 aliphatic heterocycles. The third kappa shape index (κ3) is 3.81. The van der Waals surface area contributed by atoms with E-state index in [2.05, 4.69) is 15.3 Å². The minimum absolute atomic E-state index is 0.131. The highest BCUT2D eigenvalue weighted by Crippen LogP contribution is 2.33. The normalized spacial score (nSPS) is 11.0. The first-order valence-corrected chi connectivity index (χ1v) is 10.2. The molecule has 0 spiro atoms. The quantitative estimate of drug-likeness (QED) is 0.417. The number of carbonyl (C=O) groups excluding carboxylic acids is 2. The molecule has 0 aliphatic rings. The van der Waals surface area contributed by atoms with E-state index in [-0.39, 0.29) is 18.1 Å². The Morgan fingerprint density at radius 1 is 1.13 bits per heavy atom. The van der Waals surface area contributed by atoms with Gasteiger partial charge in [0.05, 0.1) is 12.2 Å². The highest BCUT2D eigenvalue weighted by Gasteiger charge is 2.18. The zero-order valence-corrected chi connectivity index (χ0v) is 17.2. The molecule has 0 radical (unpaired) electrons. The topological polar surface area (TPSA) is 104 Å². The van der Waals surface area contributed by atoms with Crippen molar-refractivity contribution in [3.63, 3.8) is 0 Å². The number of aromatic amines is 2. The van der Waals surface area contributed by atoms with Crippen LogP contribution in [0.5, 0.6) is 0 Å². The number of rotatable bonds is 5. The lowest BCUT2D eigenvalue weighted by Gasteiger charge is -2.08. The molecule has 2 aromatic carbocycles. The van der Waals surface area contributed by atoms with Crippen molar-refractivity contribution in [2.24, 2.45) is 0 Å². The van der Waals surface area contributed by atoms with Crippen LogP contribution in [-0.4, -0.2) is 28.5 Å². The predicted octanol–water partition coefficient (Wildman–Crippen LogP) is 4.30. The molecule has 3 N–H and O–H groups in total. The van der Waals surface area contributed by atoms with E-state index in [1.165, 1.54) is 24.9 Å². The second kappa shape index (κ2) is 8.08. The molecule has 0 fully saturated rings. The summed E-state index contributed by atoms with van der Waals surface area (Å²) in [5.74, 6) is -0.607. The van der Waals surface area contributed by atoms with Crippen LogP contribution >= 0.6 is 11.8 Å². The van der Waals surface area contributed by atoms with Crippen LogP contribution < -0.4 is 10.9 Å². The van der Waals surface area contributed by atoms with Crippen LogP contribution in [0.15, 0.2) is 63.2 Å². The van der Waals surface area contributed by atoms with Crippen molar-refractivity contribution in [2.45, 2.75) is 23.6 Å². The molecule has 0 unspecified atom stereocenters. The van der Waals surface area contributed by atoms with Gasteiger partial charge in [0.25, 0.3) is 5.56 Å². The number of H-pyrrole nitrogens is 2. The minimum Gasteiger partial charge on any atom is -0.462 e. The number of carbonyl (C=O) groups is 2. The van der Waals surface area contributed by atoms with Gasteiger partial charge >= 0.3 is 5.97 Å². The molecule has 0 atom stereocenters. The fourth-order valence-electron chi connectivity index (χ4n) is 3.32. The number of ether oxygens (including phenoxy) is 1. The smallest absolute Gasteiger partial charge is 0.340 e. The van der Waals surface area contributed by atoms with Gasteiger partial charge < -0.3 is 20.0 Å². The second-order valence-corrected chi connectivity index (χ2v) is 7.79. The number of fused-ring (bicyclic) bond motifs is 3. The van der Waals surface area contributed by atoms with Crippen LogP contribution in [-0.2, 0) is 9.53 Å². The number of esters is 1. The van der Waals surface area contributed by atoms with Crippen molar-refractivity contribution in [1.82, 2.24) is 9.97 Å². The molecule has 30 heavy (non-hydrogen) atoms. The van der Waals surface area contributed by atoms with Gasteiger partial charge in [-0.1, -0.05) is 17.8 Å². The third-order valence-corrected chi connectivity index (χ3v) is 5.48. The maximum absolute atomic E-state index is 12.4. The van der Waals surface area contributed by atoms with Crippen molar-refractivity contribution in [3.05, 3.63) is 64.6 Å². The Labute approximate surface area is 175 Å². The van der Waals surface area contributed by atoms with Crippen molar-refractivity contribution in [1.29, 1.82) is 0 Å². The summed E-state index contributed by atoms with van der Waals surface area (Å²) in [6, 6.07) is 13.2. The summed E-state index contributed by atoms with van der Waals surface area (Å²) in [6.07, 6.45) is 1.51. The monoisotopic (exact) mass is 421 g/mol. The molecule has 7 nitrogen and oxygen atoms in total. The van der Waals surface area contributed by atoms with Gasteiger partial charge in [0.2, 0.25) is 5.91 Å². The SMILES string of the molecule is CCOC(=O)c1c[nH]c2c(=O)[nH]c3ccc(Sc4cccc(NC(C)=O)c4)cc3c12. The van der Waals surface area contributed by atoms with Gasteiger partial charge in [-0.2, -0.15) is 0 Å². The molecule has 0 bridgehead atoms. The van der Waals surface area contributed by atoms with Gasteiger partial charge in [-0.25, -0.2) is 4.79 Å². The highest BCUT2D eigenvalue weighted by molar-refractivity contribution is 7.99. The molecule has 8 heteroatoms. The number of aromatic nitrogens is 2. The zero-order chi connectivity index (χ0) is 21.3. The Morgan fingerprint density at radius 2 is 1.93 bits per heavy atom. The Hall–Kier alpha value is -3.52. The number of hydrogen-bond acceptors (Lipinski definition) is 5. The van der Waals surface area contributed by atoms with E-state index in [4.69, 9.17) is 4.74 Å². The molecule has 4 rings (SSSR count). The summed E-state index contributed by atoms with van der Waals surface area (Å²) in [4.78, 5) is 43.7. The van der Waals surface area contributed by atoms with Crippen LogP contribution in [0.4, 0.5) is 5.69 Å². The number of pyridine rings is 1. The summed E-state index contributed by atoms with van der Waals surface area (Å²) in [6.45, 7) is 3.45. The second-order valence-electron chi connectivity index (χ2n) is 6.65. The van der Waals surface area contributed by atoms with Crippen LogP contribution in [0, 0.1) is 0 Å². The Morgan fingerprint density at radius 3 is 2.70 bits per heavy atom. The summed E-state index contributed by atoms with van der Waals surface area (Å²) in [5, 5.41) is 4.06. The van der Waals surface area contributed by atoms with E-state index < -0.39 is 5.97 Å². The van der Waals surface area contributed by atoms with Gasteiger partial charge in [-0.05, 0) is 43.3 Å². The van der Waals surface area contributed by atoms with Gasteiger partial charge in [0.15, 0.2) is 0 Å². The molecule has 0 saturated carbocycles. The van der Waals surface area contributed by atoms with Gasteiger partial charge in [-0.15, -0.1) is 0 Å². The maximum atomic E-state index is 12.4. The first kappa shape index (κ1) is 19.8. The Bertz CT molecular complexity index is 1340. The van der Waals surface area contributed by atoms with Crippen LogP contribution in [0.3, 0.4) is 0 Å². The maximum Gasteiger partial charge on any atom is 0.340 e. The van der Waals surface area contributed by atoms with E-state index in [1.807, 2.05) is 42.5 Å². The molecule has 0 aliphatic carbocycles. The summed E-state index contributed by atoms with van der Waals surface area (Å²) >= 11 is 1.51. The summed E-state index contributed by atoms with van der Waals surface area (Å²) < 4.78 is 5.14. The largest absolute Gasteiger partial charge is 0.462 e. The Balaban J connectivity index is 1.80. The molecular formula is C22H19N3O4S. The third-order valence-electron chi connectivity index (χ3n) is 4.50. The highest BCUT2D eigenvalue weighted by atomic mass is 32.2. The number of hydrogen-bond donors (Lipinski definition) is 3. The van der Waals surface area contributed by atoms with Crippen LogP contribution in [0.25, 0.3) is 21.8 Å². The van der Waals surface area contributed by atoms with E-state index in [0.717, 1.165) is 20.9 Å². The average Bonchev–Trinajstić information content (AvgIpc) is 3.15. The van der Waals surface area contributed by atoms with Gasteiger partial charge in [0, 0.05) is 44.9 Å². The van der Waals surface area contributed by atoms with Crippen LogP contribution in [0.1, 0.15) is 24.2 Å². The van der Waals surface area contributed by atoms with E-state index in [0.29, 0.717) is 22.0 Å². The minimum atomic E-state index is -0.475. The van der Waals surface area contributed by atoms with Gasteiger partial charge in [0.1, 0.15) is 5.52 Å². The fourth-order valence-corrected chi connectivity index (χ4v) is 4.23. The summed E-state index contributed by atoms with van der Waals surface area (Å²) in [5.41, 5.74) is 1.72. The lowest BCUT2D eigenvalue weighted by molar-refractivity contribution is -0.114. The molecule has 1 amide bonds. The van der Waals surface area contributed by atoms with E-state index >= 15 is 0 Å². The van der Waals surface area contributed by atoms with E-state index in [1.54, 1.807) is 6.92 Å². The molecule has 4 aromatic rings. The predicted molar refractivity (Wildman–Crippen MR) is 117 cm³/mol. The number of nitrogens with one attached hydrogen (secondary N) is 3. The van der Waals surface area contributed by atoms with Crippen LogP contribution in [0.2, 0.25) is 0 Å². The molecule has 0 saturated heterocycles. The number of anilines is 1. The van der Waals surface area contributed by atoms with Crippen molar-refractivity contribution >= 4 is 51.1 Å². The summed E-state index contributed by atoms with van der Waals surface area (Å²) in [7, 11) is 0. The standard InChI is InChI=1S/C22H19N3O4S/c1-3-29-22(28)17-11-23-20-19(17)16-10-15(7-8-18(16)25-21(20)27)30-14-6-4-5-13(9-14)24-12(2)26/h4-11,23H,3H2,1-2H3,(H,24,26)(H,25,27). The van der Waals surface area contributed by atoms with E-state index in [9.17, 15) is 14.4 Å². The van der Waals surface area contributed by atoms with Crippen molar-refractivity contribution in [2.75, 3.05) is 11.9 Å². The lowest BCUT2D eigenvalue weighted by atomic mass is 10.1. The first-order chi connectivity index (χ1) is 14.5. The fraction of sp³-hybridized carbons (Fsp3) is 0.136. The van der Waals surface area contributed by atoms with Gasteiger partial charge in [-0.3, -0.25) is 9.59 Å². The van der Waals surface area contributed by atoms with Crippen molar-refractivity contribution in [3.8, 4) is 0 Å².